The van der Waals surface area contributed by atoms with E-state index in [0.29, 0.717) is 38.8 Å². The number of nitrogens with one attached hydrogen (secondary N) is 1. The summed E-state index contributed by atoms with van der Waals surface area (Å²) in [7, 11) is 0. The van der Waals surface area contributed by atoms with Gasteiger partial charge in [-0.2, -0.15) is 0 Å². The molecule has 2 amide bonds. The molecule has 9 heteroatoms. The molecule has 0 unspecified atom stereocenters. The van der Waals surface area contributed by atoms with Gasteiger partial charge >= 0.3 is 0 Å². The number of amides is 2. The van der Waals surface area contributed by atoms with Crippen LogP contribution in [0.15, 0.2) is 66.7 Å². The van der Waals surface area contributed by atoms with Gasteiger partial charge in [0.1, 0.15) is 6.04 Å². The van der Waals surface area contributed by atoms with Crippen LogP contribution in [0.25, 0.3) is 0 Å². The molecule has 0 spiro atoms. The highest BCUT2D eigenvalue weighted by molar-refractivity contribution is 7.99. The maximum absolute atomic E-state index is 13.7. The summed E-state index contributed by atoms with van der Waals surface area (Å²) in [4.78, 5) is 28.8. The Morgan fingerprint density at radius 3 is 2.26 bits per heavy atom. The molecule has 0 heterocycles. The van der Waals surface area contributed by atoms with E-state index in [1.807, 2.05) is 56.3 Å². The zero-order valence-corrected chi connectivity index (χ0v) is 25.1. The lowest BCUT2D eigenvalue weighted by Crippen LogP contribution is -2.51. The summed E-state index contributed by atoms with van der Waals surface area (Å²) < 4.78 is 0. The molecule has 38 heavy (non-hydrogen) atoms. The third-order valence-corrected chi connectivity index (χ3v) is 8.08. The number of carbonyl (C=O) groups is 2. The molecule has 4 nitrogen and oxygen atoms in total. The van der Waals surface area contributed by atoms with Crippen molar-refractivity contribution >= 4 is 70.0 Å². The molecule has 0 bridgehead atoms. The lowest BCUT2D eigenvalue weighted by Gasteiger charge is -2.32. The van der Waals surface area contributed by atoms with E-state index in [1.165, 1.54) is 11.8 Å². The van der Waals surface area contributed by atoms with Crippen molar-refractivity contribution in [2.24, 2.45) is 5.92 Å². The van der Waals surface area contributed by atoms with Crippen molar-refractivity contribution in [1.82, 2.24) is 10.2 Å². The predicted molar refractivity (Wildman–Crippen MR) is 161 cm³/mol. The van der Waals surface area contributed by atoms with Crippen molar-refractivity contribution < 1.29 is 9.59 Å². The second-order valence-corrected chi connectivity index (χ2v) is 12.0. The van der Waals surface area contributed by atoms with Crippen molar-refractivity contribution in [3.05, 3.63) is 104 Å². The molecule has 3 aromatic rings. The van der Waals surface area contributed by atoms with Crippen LogP contribution in [-0.4, -0.2) is 35.1 Å². The Balaban J connectivity index is 1.87. The summed E-state index contributed by atoms with van der Waals surface area (Å²) in [6.45, 7) is 4.79. The van der Waals surface area contributed by atoms with Gasteiger partial charge in [-0.05, 0) is 46.9 Å². The first kappa shape index (κ1) is 30.6. The molecule has 0 aromatic heterocycles. The van der Waals surface area contributed by atoms with Crippen LogP contribution in [0.3, 0.4) is 0 Å². The van der Waals surface area contributed by atoms with Crippen LogP contribution in [-0.2, 0) is 28.3 Å². The first-order valence-corrected chi connectivity index (χ1v) is 14.9. The number of nitrogens with zero attached hydrogens (tertiary/aromatic N) is 1. The van der Waals surface area contributed by atoms with Crippen LogP contribution in [0.4, 0.5) is 0 Å². The highest BCUT2D eigenvalue weighted by Crippen LogP contribution is 2.27. The van der Waals surface area contributed by atoms with E-state index in [9.17, 15) is 9.59 Å². The molecule has 0 aliphatic heterocycles. The molecule has 0 radical (unpaired) electrons. The van der Waals surface area contributed by atoms with Crippen LogP contribution in [0.2, 0.25) is 20.1 Å². The van der Waals surface area contributed by atoms with E-state index in [-0.39, 0.29) is 30.0 Å². The predicted octanol–water partition coefficient (Wildman–Crippen LogP) is 7.95. The van der Waals surface area contributed by atoms with Crippen molar-refractivity contribution in [3.8, 4) is 0 Å². The largest absolute Gasteiger partial charge is 0.354 e. The molecule has 0 fully saturated rings. The van der Waals surface area contributed by atoms with Crippen LogP contribution in [0, 0.1) is 5.92 Å². The van der Waals surface area contributed by atoms with Gasteiger partial charge in [-0.15, -0.1) is 11.8 Å². The van der Waals surface area contributed by atoms with Crippen LogP contribution in [0.1, 0.15) is 30.5 Å². The zero-order chi connectivity index (χ0) is 27.7. The summed E-state index contributed by atoms with van der Waals surface area (Å²) in [5.41, 5.74) is 2.64. The second kappa shape index (κ2) is 15.0. The Morgan fingerprint density at radius 2 is 1.61 bits per heavy atom. The van der Waals surface area contributed by atoms with E-state index in [1.54, 1.807) is 29.2 Å². The summed E-state index contributed by atoms with van der Waals surface area (Å²) >= 11 is 26.2. The fourth-order valence-electron chi connectivity index (χ4n) is 3.78. The highest BCUT2D eigenvalue weighted by Gasteiger charge is 2.30. The van der Waals surface area contributed by atoms with Gasteiger partial charge in [0.2, 0.25) is 11.8 Å². The molecular weight excluding hydrogens is 582 g/mol. The standard InChI is InChI=1S/C29H30Cl4N2O2S/c1-19(2)15-34-29(37)27(13-20-6-4-3-5-7-20)35(16-21-8-11-24(31)26(33)12-21)28(36)18-38-17-22-9-10-23(30)14-25(22)32/h3-12,14,19,27H,13,15-18H2,1-2H3,(H,34,37)/t27-/m1/s1. The molecule has 0 saturated heterocycles. The fourth-order valence-corrected chi connectivity index (χ4v) is 5.57. The molecule has 1 N–H and O–H groups in total. The number of carbonyl (C=O) groups excluding carboxylic acids is 2. The van der Waals surface area contributed by atoms with Gasteiger partial charge in [-0.1, -0.05) is 103 Å². The molecule has 3 aromatic carbocycles. The molecular formula is C29H30Cl4N2O2S. The van der Waals surface area contributed by atoms with Crippen molar-refractivity contribution in [2.45, 2.75) is 38.6 Å². The Morgan fingerprint density at radius 1 is 0.868 bits per heavy atom. The average Bonchev–Trinajstić information content (AvgIpc) is 2.88. The first-order chi connectivity index (χ1) is 18.1. The summed E-state index contributed by atoms with van der Waals surface area (Å²) in [5.74, 6) is 0.623. The van der Waals surface area contributed by atoms with E-state index >= 15 is 0 Å². The van der Waals surface area contributed by atoms with E-state index in [0.717, 1.165) is 16.7 Å². The van der Waals surface area contributed by atoms with Crippen LogP contribution in [0.5, 0.6) is 0 Å². The van der Waals surface area contributed by atoms with E-state index in [2.05, 4.69) is 5.32 Å². The smallest absolute Gasteiger partial charge is 0.243 e. The number of rotatable bonds is 12. The van der Waals surface area contributed by atoms with Gasteiger partial charge in [0.25, 0.3) is 0 Å². The van der Waals surface area contributed by atoms with Crippen LogP contribution < -0.4 is 5.32 Å². The monoisotopic (exact) mass is 610 g/mol. The van der Waals surface area contributed by atoms with Gasteiger partial charge in [-0.3, -0.25) is 9.59 Å². The first-order valence-electron chi connectivity index (χ1n) is 12.2. The van der Waals surface area contributed by atoms with Gasteiger partial charge in [-0.25, -0.2) is 0 Å². The van der Waals surface area contributed by atoms with Crippen molar-refractivity contribution in [1.29, 1.82) is 0 Å². The third kappa shape index (κ3) is 9.39. The number of benzene rings is 3. The lowest BCUT2D eigenvalue weighted by atomic mass is 10.0. The average molecular weight is 612 g/mol. The number of thioether (sulfide) groups is 1. The zero-order valence-electron chi connectivity index (χ0n) is 21.2. The SMILES string of the molecule is CC(C)CNC(=O)[C@@H](Cc1ccccc1)N(Cc1ccc(Cl)c(Cl)c1)C(=O)CSCc1ccc(Cl)cc1Cl. The normalized spacial score (nSPS) is 11.9. The number of hydrogen-bond acceptors (Lipinski definition) is 3. The molecule has 0 aliphatic rings. The Kier molecular flexibility index (Phi) is 12.1. The van der Waals surface area contributed by atoms with Crippen molar-refractivity contribution in [2.75, 3.05) is 12.3 Å². The lowest BCUT2D eigenvalue weighted by molar-refractivity contribution is -0.139. The number of hydrogen-bond donors (Lipinski definition) is 1. The van der Waals surface area contributed by atoms with Gasteiger partial charge in [0, 0.05) is 35.3 Å². The van der Waals surface area contributed by atoms with E-state index in [4.69, 9.17) is 46.4 Å². The summed E-state index contributed by atoms with van der Waals surface area (Å²) in [6.07, 6.45) is 0.380. The minimum Gasteiger partial charge on any atom is -0.354 e. The topological polar surface area (TPSA) is 49.4 Å². The molecule has 0 saturated carbocycles. The summed E-state index contributed by atoms with van der Waals surface area (Å²) in [5, 5.41) is 4.96. The minimum atomic E-state index is -0.710. The Labute approximate surface area is 249 Å². The maximum atomic E-state index is 13.7. The van der Waals surface area contributed by atoms with E-state index < -0.39 is 6.04 Å². The van der Waals surface area contributed by atoms with Crippen LogP contribution >= 0.6 is 58.2 Å². The van der Waals surface area contributed by atoms with Crippen molar-refractivity contribution in [3.63, 3.8) is 0 Å². The fraction of sp³-hybridized carbons (Fsp3) is 0.310. The molecule has 1 atom stereocenters. The summed E-state index contributed by atoms with van der Waals surface area (Å²) in [6, 6.07) is 19.6. The van der Waals surface area contributed by atoms with Gasteiger partial charge in [0.15, 0.2) is 0 Å². The Bertz CT molecular complexity index is 1240. The second-order valence-electron chi connectivity index (χ2n) is 9.34. The Hall–Kier alpha value is -1.89. The highest BCUT2D eigenvalue weighted by atomic mass is 35.5. The minimum absolute atomic E-state index is 0.160. The number of halogens is 4. The molecule has 202 valence electrons. The van der Waals surface area contributed by atoms with Gasteiger partial charge < -0.3 is 10.2 Å². The molecule has 3 rings (SSSR count). The third-order valence-electron chi connectivity index (χ3n) is 5.79. The maximum Gasteiger partial charge on any atom is 0.243 e. The molecule has 0 aliphatic carbocycles. The quantitative estimate of drug-likeness (QED) is 0.226. The van der Waals surface area contributed by atoms with Gasteiger partial charge in [0.05, 0.1) is 15.8 Å².